The normalized spacial score (nSPS) is 19.4. The molecular formula is C20H25N3S. The lowest BCUT2D eigenvalue weighted by Gasteiger charge is -2.34. The lowest BCUT2D eigenvalue weighted by atomic mass is 10.0. The van der Waals surface area contributed by atoms with Crippen LogP contribution in [0.3, 0.4) is 0 Å². The number of hydrogen-bond acceptors (Lipinski definition) is 2. The highest BCUT2D eigenvalue weighted by Crippen LogP contribution is 2.30. The third-order valence-electron chi connectivity index (χ3n) is 4.74. The summed E-state index contributed by atoms with van der Waals surface area (Å²) in [7, 11) is 0. The van der Waals surface area contributed by atoms with E-state index in [1.165, 1.54) is 30.4 Å². The summed E-state index contributed by atoms with van der Waals surface area (Å²) in [5.74, 6) is 0. The van der Waals surface area contributed by atoms with Crippen LogP contribution >= 0.6 is 12.2 Å². The molecule has 0 saturated carbocycles. The van der Waals surface area contributed by atoms with E-state index in [0.29, 0.717) is 6.04 Å². The third kappa shape index (κ3) is 4.12. The highest BCUT2D eigenvalue weighted by Gasteiger charge is 2.25. The molecule has 1 aliphatic rings. The van der Waals surface area contributed by atoms with E-state index in [0.717, 1.165) is 18.1 Å². The molecule has 2 heterocycles. The summed E-state index contributed by atoms with van der Waals surface area (Å²) in [6.45, 7) is 3.18. The predicted octanol–water partition coefficient (Wildman–Crippen LogP) is 4.63. The van der Waals surface area contributed by atoms with E-state index in [2.05, 4.69) is 58.5 Å². The van der Waals surface area contributed by atoms with E-state index in [-0.39, 0.29) is 6.04 Å². The van der Waals surface area contributed by atoms with E-state index in [4.69, 9.17) is 12.2 Å². The standard InChI is InChI=1S/C20H25N3S/c1-16(17-8-4-2-5-9-17)22-20(24)23-15-7-3-6-10-19(23)18-11-13-21-14-12-18/h2,4-5,8-9,11-14,16,19H,3,6-7,10,15H2,1H3,(H,22,24)/t16-,19+/m1/s1. The summed E-state index contributed by atoms with van der Waals surface area (Å²) < 4.78 is 0. The molecule has 0 amide bonds. The Balaban J connectivity index is 1.75. The van der Waals surface area contributed by atoms with E-state index >= 15 is 0 Å². The van der Waals surface area contributed by atoms with Crippen LogP contribution < -0.4 is 5.32 Å². The molecule has 2 atom stereocenters. The van der Waals surface area contributed by atoms with Gasteiger partial charge in [0, 0.05) is 18.9 Å². The number of benzene rings is 1. The number of nitrogens with zero attached hydrogens (tertiary/aromatic N) is 2. The lowest BCUT2D eigenvalue weighted by molar-refractivity contribution is 0.314. The summed E-state index contributed by atoms with van der Waals surface area (Å²) in [6, 6.07) is 15.3. The number of nitrogens with one attached hydrogen (secondary N) is 1. The summed E-state index contributed by atoms with van der Waals surface area (Å²) in [5.41, 5.74) is 2.57. The summed E-state index contributed by atoms with van der Waals surface area (Å²) in [4.78, 5) is 6.53. The second-order valence-corrected chi connectivity index (χ2v) is 6.81. The van der Waals surface area contributed by atoms with E-state index in [9.17, 15) is 0 Å². The molecule has 1 aliphatic heterocycles. The van der Waals surface area contributed by atoms with Crippen molar-refractivity contribution in [1.29, 1.82) is 0 Å². The minimum absolute atomic E-state index is 0.208. The van der Waals surface area contributed by atoms with Crippen molar-refractivity contribution >= 4 is 17.3 Å². The Hall–Kier alpha value is -1.94. The van der Waals surface area contributed by atoms with Crippen molar-refractivity contribution in [3.05, 3.63) is 66.0 Å². The average molecular weight is 340 g/mol. The highest BCUT2D eigenvalue weighted by atomic mass is 32.1. The second kappa shape index (κ2) is 8.25. The summed E-state index contributed by atoms with van der Waals surface area (Å²) >= 11 is 5.79. The maximum Gasteiger partial charge on any atom is 0.169 e. The zero-order valence-electron chi connectivity index (χ0n) is 14.2. The van der Waals surface area contributed by atoms with E-state index in [1.54, 1.807) is 0 Å². The van der Waals surface area contributed by atoms with Crippen LogP contribution in [0.15, 0.2) is 54.9 Å². The van der Waals surface area contributed by atoms with Gasteiger partial charge in [-0.3, -0.25) is 4.98 Å². The molecule has 4 heteroatoms. The van der Waals surface area contributed by atoms with Crippen LogP contribution in [0.2, 0.25) is 0 Å². The molecule has 1 aromatic carbocycles. The van der Waals surface area contributed by atoms with Gasteiger partial charge in [-0.15, -0.1) is 0 Å². The Labute approximate surface area is 150 Å². The van der Waals surface area contributed by atoms with Crippen molar-refractivity contribution in [1.82, 2.24) is 15.2 Å². The lowest BCUT2D eigenvalue weighted by Crippen LogP contribution is -2.42. The van der Waals surface area contributed by atoms with Gasteiger partial charge in [-0.25, -0.2) is 0 Å². The highest BCUT2D eigenvalue weighted by molar-refractivity contribution is 7.80. The van der Waals surface area contributed by atoms with Crippen molar-refractivity contribution in [2.75, 3.05) is 6.54 Å². The van der Waals surface area contributed by atoms with Crippen molar-refractivity contribution in [3.8, 4) is 0 Å². The maximum absolute atomic E-state index is 5.79. The predicted molar refractivity (Wildman–Crippen MR) is 103 cm³/mol. The molecule has 1 N–H and O–H groups in total. The van der Waals surface area contributed by atoms with Gasteiger partial charge in [0.15, 0.2) is 5.11 Å². The topological polar surface area (TPSA) is 28.2 Å². The smallest absolute Gasteiger partial charge is 0.169 e. The molecule has 1 aromatic heterocycles. The molecule has 2 aromatic rings. The second-order valence-electron chi connectivity index (χ2n) is 6.42. The van der Waals surface area contributed by atoms with Gasteiger partial charge in [0.05, 0.1) is 12.1 Å². The fraction of sp³-hybridized carbons (Fsp3) is 0.400. The molecule has 126 valence electrons. The van der Waals surface area contributed by atoms with Crippen LogP contribution in [-0.2, 0) is 0 Å². The molecule has 1 saturated heterocycles. The van der Waals surface area contributed by atoms with Crippen LogP contribution in [0.5, 0.6) is 0 Å². The van der Waals surface area contributed by atoms with Gasteiger partial charge in [-0.2, -0.15) is 0 Å². The molecular weight excluding hydrogens is 314 g/mol. The quantitative estimate of drug-likeness (QED) is 0.825. The Kier molecular flexibility index (Phi) is 5.81. The fourth-order valence-corrected chi connectivity index (χ4v) is 3.77. The first kappa shape index (κ1) is 16.9. The maximum atomic E-state index is 5.79. The molecule has 3 nitrogen and oxygen atoms in total. The average Bonchev–Trinajstić information content (AvgIpc) is 2.89. The zero-order valence-corrected chi connectivity index (χ0v) is 15.0. The summed E-state index contributed by atoms with van der Waals surface area (Å²) in [6.07, 6.45) is 8.62. The molecule has 0 radical (unpaired) electrons. The number of thiocarbonyl (C=S) groups is 1. The molecule has 0 bridgehead atoms. The van der Waals surface area contributed by atoms with Gasteiger partial charge in [0.2, 0.25) is 0 Å². The number of pyridine rings is 1. The van der Waals surface area contributed by atoms with Crippen molar-refractivity contribution in [2.24, 2.45) is 0 Å². The van der Waals surface area contributed by atoms with E-state index < -0.39 is 0 Å². The Bertz CT molecular complexity index is 644. The van der Waals surface area contributed by atoms with Crippen LogP contribution in [0, 0.1) is 0 Å². The Morgan fingerprint density at radius 1 is 1.12 bits per heavy atom. The molecule has 0 spiro atoms. The molecule has 24 heavy (non-hydrogen) atoms. The summed E-state index contributed by atoms with van der Waals surface area (Å²) in [5, 5.41) is 4.39. The van der Waals surface area contributed by atoms with Gasteiger partial charge in [0.1, 0.15) is 0 Å². The van der Waals surface area contributed by atoms with E-state index in [1.807, 2.05) is 18.5 Å². The Morgan fingerprint density at radius 3 is 2.62 bits per heavy atom. The zero-order chi connectivity index (χ0) is 16.8. The number of likely N-dealkylation sites (tertiary alicyclic amines) is 1. The SMILES string of the molecule is C[C@@H](NC(=S)N1CCCCC[C@H]1c1ccncc1)c1ccccc1. The monoisotopic (exact) mass is 339 g/mol. The van der Waals surface area contributed by atoms with Crippen molar-refractivity contribution in [2.45, 2.75) is 44.7 Å². The van der Waals surface area contributed by atoms with Crippen LogP contribution in [0.1, 0.15) is 55.8 Å². The molecule has 3 rings (SSSR count). The Morgan fingerprint density at radius 2 is 1.88 bits per heavy atom. The fourth-order valence-electron chi connectivity index (χ4n) is 3.38. The first-order valence-electron chi connectivity index (χ1n) is 8.77. The molecule has 1 fully saturated rings. The van der Waals surface area contributed by atoms with Crippen LogP contribution in [0.4, 0.5) is 0 Å². The first-order chi connectivity index (χ1) is 11.8. The van der Waals surface area contributed by atoms with Crippen LogP contribution in [0.25, 0.3) is 0 Å². The number of aromatic nitrogens is 1. The van der Waals surface area contributed by atoms with Crippen molar-refractivity contribution < 1.29 is 0 Å². The number of hydrogen-bond donors (Lipinski definition) is 1. The van der Waals surface area contributed by atoms with Gasteiger partial charge in [-0.05, 0) is 55.2 Å². The van der Waals surface area contributed by atoms with Gasteiger partial charge < -0.3 is 10.2 Å². The first-order valence-corrected chi connectivity index (χ1v) is 9.18. The third-order valence-corrected chi connectivity index (χ3v) is 5.10. The van der Waals surface area contributed by atoms with Crippen molar-refractivity contribution in [3.63, 3.8) is 0 Å². The molecule has 0 aliphatic carbocycles. The molecule has 0 unspecified atom stereocenters. The van der Waals surface area contributed by atoms with Crippen LogP contribution in [-0.4, -0.2) is 21.5 Å². The minimum Gasteiger partial charge on any atom is -0.356 e. The van der Waals surface area contributed by atoms with Gasteiger partial charge in [-0.1, -0.05) is 43.2 Å². The van der Waals surface area contributed by atoms with Gasteiger partial charge in [0.25, 0.3) is 0 Å². The largest absolute Gasteiger partial charge is 0.356 e. The minimum atomic E-state index is 0.208. The van der Waals surface area contributed by atoms with Gasteiger partial charge >= 0.3 is 0 Å². The number of rotatable bonds is 3.